The van der Waals surface area contributed by atoms with Crippen LogP contribution in [0, 0.1) is 5.92 Å². The van der Waals surface area contributed by atoms with Crippen LogP contribution in [0.3, 0.4) is 0 Å². The molecule has 1 saturated heterocycles. The number of hydrogen-bond donors (Lipinski definition) is 2. The van der Waals surface area contributed by atoms with Crippen LogP contribution in [-0.2, 0) is 4.79 Å². The van der Waals surface area contributed by atoms with Crippen molar-refractivity contribution in [3.8, 4) is 0 Å². The van der Waals surface area contributed by atoms with Crippen molar-refractivity contribution >= 4 is 11.9 Å². The maximum Gasteiger partial charge on any atom is 0.222 e. The Bertz CT molecular complexity index is 368. The molecule has 22 heavy (non-hydrogen) atoms. The van der Waals surface area contributed by atoms with Crippen LogP contribution in [0.1, 0.15) is 60.3 Å². The maximum absolute atomic E-state index is 11.9. The number of amides is 1. The van der Waals surface area contributed by atoms with Crippen LogP contribution in [0.5, 0.6) is 0 Å². The van der Waals surface area contributed by atoms with Gasteiger partial charge in [-0.25, -0.2) is 0 Å². The second-order valence-electron chi connectivity index (χ2n) is 6.48. The van der Waals surface area contributed by atoms with Crippen molar-refractivity contribution in [1.82, 2.24) is 15.5 Å². The van der Waals surface area contributed by atoms with E-state index in [0.29, 0.717) is 23.9 Å². The fraction of sp³-hybridized carbons (Fsp3) is 0.882. The number of likely N-dealkylation sites (tertiary alicyclic amines) is 1. The minimum atomic E-state index is 0.314. The molecule has 2 N–H and O–H groups in total. The van der Waals surface area contributed by atoms with Crippen LogP contribution in [-0.4, -0.2) is 48.5 Å². The number of rotatable bonds is 8. The molecule has 0 saturated carbocycles. The highest BCUT2D eigenvalue weighted by Crippen LogP contribution is 2.18. The van der Waals surface area contributed by atoms with Gasteiger partial charge in [-0.05, 0) is 39.0 Å². The lowest BCUT2D eigenvalue weighted by molar-refractivity contribution is -0.129. The zero-order valence-corrected chi connectivity index (χ0v) is 15.0. The predicted octanol–water partition coefficient (Wildman–Crippen LogP) is 2.38. The van der Waals surface area contributed by atoms with Crippen molar-refractivity contribution in [2.75, 3.05) is 19.6 Å². The predicted molar refractivity (Wildman–Crippen MR) is 93.1 cm³/mol. The first kappa shape index (κ1) is 18.8. The minimum absolute atomic E-state index is 0.314. The van der Waals surface area contributed by atoms with Gasteiger partial charge in [-0.1, -0.05) is 20.8 Å². The monoisotopic (exact) mass is 310 g/mol. The fourth-order valence-electron chi connectivity index (χ4n) is 2.66. The third-order valence-electron chi connectivity index (χ3n) is 4.46. The molecule has 5 nitrogen and oxygen atoms in total. The van der Waals surface area contributed by atoms with E-state index in [2.05, 4.69) is 50.2 Å². The van der Waals surface area contributed by atoms with Crippen LogP contribution in [0.15, 0.2) is 4.99 Å². The number of nitrogens with zero attached hydrogens (tertiary/aromatic N) is 2. The summed E-state index contributed by atoms with van der Waals surface area (Å²) in [4.78, 5) is 18.6. The molecular weight excluding hydrogens is 276 g/mol. The van der Waals surface area contributed by atoms with Crippen molar-refractivity contribution in [1.29, 1.82) is 0 Å². The first-order valence-corrected chi connectivity index (χ1v) is 8.83. The Balaban J connectivity index is 2.52. The van der Waals surface area contributed by atoms with Gasteiger partial charge in [-0.3, -0.25) is 9.79 Å². The van der Waals surface area contributed by atoms with Gasteiger partial charge in [-0.15, -0.1) is 0 Å². The summed E-state index contributed by atoms with van der Waals surface area (Å²) in [6, 6.07) is 0.726. The van der Waals surface area contributed by atoms with Gasteiger partial charge in [-0.2, -0.15) is 0 Å². The quantitative estimate of drug-likeness (QED) is 0.534. The largest absolute Gasteiger partial charge is 0.357 e. The molecule has 2 atom stereocenters. The molecule has 1 fully saturated rings. The molecular formula is C17H34N4O. The molecule has 5 heteroatoms. The summed E-state index contributed by atoms with van der Waals surface area (Å²) in [6.07, 6.45) is 3.67. The standard InChI is InChI=1S/C17H34N4O/c1-6-15(21-12-8-9-16(21)22)10-11-19-17(18-7-2)20-14(5)13(3)4/h13-15H,6-12H2,1-5H3,(H2,18,19,20). The van der Waals surface area contributed by atoms with Crippen molar-refractivity contribution in [2.45, 2.75) is 72.4 Å². The summed E-state index contributed by atoms with van der Waals surface area (Å²) in [5.74, 6) is 1.76. The number of nitrogens with one attached hydrogen (secondary N) is 2. The average molecular weight is 310 g/mol. The second kappa shape index (κ2) is 9.70. The number of guanidine groups is 1. The van der Waals surface area contributed by atoms with Gasteiger partial charge in [0.2, 0.25) is 5.91 Å². The molecule has 1 aliphatic heterocycles. The van der Waals surface area contributed by atoms with Crippen molar-refractivity contribution < 1.29 is 4.79 Å². The second-order valence-corrected chi connectivity index (χ2v) is 6.48. The summed E-state index contributed by atoms with van der Waals surface area (Å²) in [5.41, 5.74) is 0. The van der Waals surface area contributed by atoms with E-state index < -0.39 is 0 Å². The maximum atomic E-state index is 11.9. The summed E-state index contributed by atoms with van der Waals surface area (Å²) in [5, 5.41) is 6.74. The Morgan fingerprint density at radius 1 is 1.32 bits per heavy atom. The molecule has 0 radical (unpaired) electrons. The van der Waals surface area contributed by atoms with E-state index in [-0.39, 0.29) is 0 Å². The Kier molecular flexibility index (Phi) is 8.28. The van der Waals surface area contributed by atoms with Gasteiger partial charge in [0, 0.05) is 38.1 Å². The van der Waals surface area contributed by atoms with Crippen molar-refractivity contribution in [3.05, 3.63) is 0 Å². The van der Waals surface area contributed by atoms with Gasteiger partial charge < -0.3 is 15.5 Å². The first-order valence-electron chi connectivity index (χ1n) is 8.83. The Hall–Kier alpha value is -1.26. The molecule has 0 aromatic carbocycles. The third kappa shape index (κ3) is 5.85. The van der Waals surface area contributed by atoms with E-state index in [1.807, 2.05) is 4.90 Å². The Labute approximate surface area is 135 Å². The van der Waals surface area contributed by atoms with Crippen LogP contribution >= 0.6 is 0 Å². The molecule has 0 aromatic rings. The topological polar surface area (TPSA) is 56.7 Å². The van der Waals surface area contributed by atoms with Gasteiger partial charge in [0.05, 0.1) is 0 Å². The lowest BCUT2D eigenvalue weighted by atomic mass is 10.1. The summed E-state index contributed by atoms with van der Waals surface area (Å²) in [6.45, 7) is 13.3. The SMILES string of the molecule is CCNC(=NCCC(CC)N1CCCC1=O)NC(C)C(C)C. The minimum Gasteiger partial charge on any atom is -0.357 e. The number of carbonyl (C=O) groups is 1. The van der Waals surface area contributed by atoms with Crippen LogP contribution in [0.2, 0.25) is 0 Å². The number of hydrogen-bond acceptors (Lipinski definition) is 2. The molecule has 0 aromatic heterocycles. The Morgan fingerprint density at radius 3 is 2.55 bits per heavy atom. The van der Waals surface area contributed by atoms with Crippen LogP contribution < -0.4 is 10.6 Å². The van der Waals surface area contributed by atoms with Crippen molar-refractivity contribution in [2.24, 2.45) is 10.9 Å². The summed E-state index contributed by atoms with van der Waals surface area (Å²) in [7, 11) is 0. The fourth-order valence-corrected chi connectivity index (χ4v) is 2.66. The van der Waals surface area contributed by atoms with Gasteiger partial charge in [0.1, 0.15) is 0 Å². The highest BCUT2D eigenvalue weighted by molar-refractivity contribution is 5.80. The highest BCUT2D eigenvalue weighted by Gasteiger charge is 2.26. The molecule has 1 heterocycles. The van der Waals surface area contributed by atoms with Gasteiger partial charge in [0.25, 0.3) is 0 Å². The average Bonchev–Trinajstić information content (AvgIpc) is 2.89. The molecule has 0 spiro atoms. The molecule has 1 rings (SSSR count). The summed E-state index contributed by atoms with van der Waals surface area (Å²) < 4.78 is 0. The normalized spacial score (nSPS) is 18.7. The molecule has 1 aliphatic rings. The molecule has 0 bridgehead atoms. The van der Waals surface area contributed by atoms with E-state index in [1.54, 1.807) is 0 Å². The van der Waals surface area contributed by atoms with Crippen LogP contribution in [0.25, 0.3) is 0 Å². The van der Waals surface area contributed by atoms with Gasteiger partial charge in [0.15, 0.2) is 5.96 Å². The first-order chi connectivity index (χ1) is 10.5. The van der Waals surface area contributed by atoms with E-state index in [0.717, 1.165) is 51.3 Å². The summed E-state index contributed by atoms with van der Waals surface area (Å²) >= 11 is 0. The van der Waals surface area contributed by atoms with E-state index in [1.165, 1.54) is 0 Å². The van der Waals surface area contributed by atoms with E-state index in [4.69, 9.17) is 0 Å². The zero-order valence-electron chi connectivity index (χ0n) is 15.0. The molecule has 128 valence electrons. The number of carbonyl (C=O) groups excluding carboxylic acids is 1. The van der Waals surface area contributed by atoms with E-state index >= 15 is 0 Å². The van der Waals surface area contributed by atoms with E-state index in [9.17, 15) is 4.79 Å². The third-order valence-corrected chi connectivity index (χ3v) is 4.46. The molecule has 0 aliphatic carbocycles. The van der Waals surface area contributed by atoms with Crippen LogP contribution in [0.4, 0.5) is 0 Å². The van der Waals surface area contributed by atoms with Crippen molar-refractivity contribution in [3.63, 3.8) is 0 Å². The lowest BCUT2D eigenvalue weighted by Crippen LogP contribution is -2.44. The molecule has 1 amide bonds. The highest BCUT2D eigenvalue weighted by atomic mass is 16.2. The Morgan fingerprint density at radius 2 is 2.05 bits per heavy atom. The van der Waals surface area contributed by atoms with Gasteiger partial charge >= 0.3 is 0 Å². The zero-order chi connectivity index (χ0) is 16.5. The lowest BCUT2D eigenvalue weighted by Gasteiger charge is -2.26. The smallest absolute Gasteiger partial charge is 0.222 e. The number of aliphatic imine (C=N–C) groups is 1. The molecule has 2 unspecified atom stereocenters.